The quantitative estimate of drug-likeness (QED) is 0.124. The molecule has 53 heavy (non-hydrogen) atoms. The molecule has 8 heteroatoms. The third kappa shape index (κ3) is 8.38. The van der Waals surface area contributed by atoms with Crippen molar-refractivity contribution >= 4 is 34.2 Å². The number of halogens is 2. The van der Waals surface area contributed by atoms with Gasteiger partial charge in [0, 0.05) is 40.6 Å². The first kappa shape index (κ1) is 38.7. The molecular formula is C45H52ClFN2O4. The number of aliphatic hydroxyl groups is 2. The molecule has 0 unspecified atom stereocenters. The van der Waals surface area contributed by atoms with Crippen LogP contribution >= 0.6 is 11.6 Å². The summed E-state index contributed by atoms with van der Waals surface area (Å²) < 4.78 is 15.0. The summed E-state index contributed by atoms with van der Waals surface area (Å²) in [5, 5.41) is 29.4. The van der Waals surface area contributed by atoms with E-state index in [0.717, 1.165) is 33.9 Å². The molecule has 3 N–H and O–H groups in total. The normalized spacial score (nSPS) is 23.4. The van der Waals surface area contributed by atoms with E-state index in [0.29, 0.717) is 50.6 Å². The summed E-state index contributed by atoms with van der Waals surface area (Å²) in [5.74, 6) is -1.04. The second-order valence-electron chi connectivity index (χ2n) is 15.8. The van der Waals surface area contributed by atoms with E-state index in [2.05, 4.69) is 43.4 Å². The number of nitrogens with zero attached hydrogens (tertiary/aromatic N) is 1. The smallest absolute Gasteiger partial charge is 0.317 e. The third-order valence-corrected chi connectivity index (χ3v) is 12.1. The Balaban J connectivity index is 1.43. The Morgan fingerprint density at radius 2 is 1.77 bits per heavy atom. The first-order valence-electron chi connectivity index (χ1n) is 18.9. The average molecular weight is 739 g/mol. The van der Waals surface area contributed by atoms with E-state index in [9.17, 15) is 24.2 Å². The topological polar surface area (TPSA) is 89.9 Å². The molecule has 0 heterocycles. The Labute approximate surface area is 318 Å². The van der Waals surface area contributed by atoms with Crippen molar-refractivity contribution in [1.82, 2.24) is 10.2 Å². The van der Waals surface area contributed by atoms with Crippen molar-refractivity contribution in [1.29, 1.82) is 0 Å². The molecule has 2 bridgehead atoms. The lowest BCUT2D eigenvalue weighted by Gasteiger charge is -2.46. The van der Waals surface area contributed by atoms with E-state index < -0.39 is 22.9 Å². The molecule has 0 saturated heterocycles. The fourth-order valence-electron chi connectivity index (χ4n) is 8.69. The standard InChI is InChI=1S/C45H52ClFN2O4/c1-29(2)48-43(52)49(27-33-13-7-12-32-11-5-6-14-35(32)33)28-45(53)23-21-39-36-20-18-31(24-34(50)19-17-30(3)10-9-22-44(39,45)4)25-37(36)42(51)26-38-40(46)15-8-16-41(38)47/h5-8,10-16,18,20,25,29,34,39,50,53H,9,17,19,21-24,26-28H2,1-4H3,(H,48,52)/t34-,39-,44-,45+/m0/s1. The highest BCUT2D eigenvalue weighted by atomic mass is 35.5. The highest BCUT2D eigenvalue weighted by molar-refractivity contribution is 6.31. The van der Waals surface area contributed by atoms with Gasteiger partial charge in [-0.25, -0.2) is 9.18 Å². The van der Waals surface area contributed by atoms with Crippen molar-refractivity contribution < 1.29 is 24.2 Å². The van der Waals surface area contributed by atoms with Crippen LogP contribution in [0.1, 0.15) is 105 Å². The van der Waals surface area contributed by atoms with Gasteiger partial charge in [0.05, 0.1) is 18.2 Å². The molecule has 0 spiro atoms. The zero-order chi connectivity index (χ0) is 37.9. The number of allylic oxidation sites excluding steroid dienone is 2. The number of amides is 2. The van der Waals surface area contributed by atoms with Crippen molar-refractivity contribution in [3.05, 3.63) is 129 Å². The summed E-state index contributed by atoms with van der Waals surface area (Å²) in [6.45, 7) is 8.46. The molecule has 0 aliphatic heterocycles. The van der Waals surface area contributed by atoms with E-state index in [-0.39, 0.29) is 47.3 Å². The molecule has 7 rings (SSSR count). The molecule has 1 saturated carbocycles. The Hall–Kier alpha value is -4.04. The van der Waals surface area contributed by atoms with E-state index in [1.54, 1.807) is 11.0 Å². The van der Waals surface area contributed by atoms with Crippen LogP contribution in [0.4, 0.5) is 9.18 Å². The molecule has 280 valence electrons. The van der Waals surface area contributed by atoms with Gasteiger partial charge < -0.3 is 20.4 Å². The Kier molecular flexibility index (Phi) is 11.8. The molecule has 2 amide bonds. The van der Waals surface area contributed by atoms with Crippen LogP contribution < -0.4 is 5.32 Å². The number of nitrogens with one attached hydrogen (secondary N) is 1. The van der Waals surface area contributed by atoms with Gasteiger partial charge in [0.1, 0.15) is 5.82 Å². The number of benzene rings is 4. The fourth-order valence-corrected chi connectivity index (χ4v) is 8.92. The summed E-state index contributed by atoms with van der Waals surface area (Å²) in [6.07, 6.45) is 5.41. The van der Waals surface area contributed by atoms with Gasteiger partial charge in [0.25, 0.3) is 0 Å². The van der Waals surface area contributed by atoms with E-state index in [1.165, 1.54) is 17.7 Å². The van der Waals surface area contributed by atoms with Crippen molar-refractivity contribution in [2.45, 2.75) is 109 Å². The van der Waals surface area contributed by atoms with Crippen LogP contribution in [-0.4, -0.2) is 51.2 Å². The first-order valence-corrected chi connectivity index (χ1v) is 19.3. The largest absolute Gasteiger partial charge is 0.393 e. The number of ketones is 1. The van der Waals surface area contributed by atoms with Crippen LogP contribution in [-0.2, 0) is 19.4 Å². The van der Waals surface area contributed by atoms with Crippen LogP contribution in [0.2, 0.25) is 5.02 Å². The minimum absolute atomic E-state index is 0.100. The fraction of sp³-hybridized carbons (Fsp3) is 0.422. The van der Waals surface area contributed by atoms with E-state index in [4.69, 9.17) is 11.6 Å². The zero-order valence-corrected chi connectivity index (χ0v) is 32.1. The number of aliphatic hydroxyl groups excluding tert-OH is 1. The van der Waals surface area contributed by atoms with Gasteiger partial charge in [-0.2, -0.15) is 0 Å². The molecule has 3 aliphatic carbocycles. The molecule has 0 aromatic heterocycles. The molecule has 4 aromatic carbocycles. The van der Waals surface area contributed by atoms with Gasteiger partial charge in [-0.1, -0.05) is 90.8 Å². The lowest BCUT2D eigenvalue weighted by atomic mass is 9.64. The van der Waals surface area contributed by atoms with Crippen molar-refractivity contribution in [2.75, 3.05) is 6.54 Å². The van der Waals surface area contributed by atoms with E-state index >= 15 is 0 Å². The second-order valence-corrected chi connectivity index (χ2v) is 16.3. The highest BCUT2D eigenvalue weighted by Crippen LogP contribution is 2.59. The van der Waals surface area contributed by atoms with Crippen molar-refractivity contribution in [3.8, 4) is 0 Å². The molecule has 1 fully saturated rings. The SMILES string of the molecule is CC1=CCC[C@@]2(C)[C@@H](CC[C@@]2(O)CN(Cc2cccc3ccccc23)C(=O)NC(C)C)c2ccc(cc2C(=O)Cc2c(F)cccc2Cl)C[C@@H](O)CC1. The predicted octanol–water partition coefficient (Wildman–Crippen LogP) is 9.72. The molecule has 0 radical (unpaired) electrons. The maximum atomic E-state index is 15.0. The molecular weight excluding hydrogens is 687 g/mol. The molecule has 4 atom stereocenters. The molecule has 4 aromatic rings. The number of hydrogen-bond acceptors (Lipinski definition) is 4. The highest BCUT2D eigenvalue weighted by Gasteiger charge is 2.57. The first-order chi connectivity index (χ1) is 25.3. The summed E-state index contributed by atoms with van der Waals surface area (Å²) in [6, 6.07) is 24.1. The number of fused-ring (bicyclic) bond motifs is 9. The Morgan fingerprint density at radius 1 is 1.02 bits per heavy atom. The lowest BCUT2D eigenvalue weighted by molar-refractivity contribution is -0.0780. The zero-order valence-electron chi connectivity index (χ0n) is 31.3. The molecule has 6 nitrogen and oxygen atoms in total. The summed E-state index contributed by atoms with van der Waals surface area (Å²) >= 11 is 6.40. The van der Waals surface area contributed by atoms with Gasteiger partial charge in [-0.3, -0.25) is 4.79 Å². The maximum absolute atomic E-state index is 15.0. The predicted molar refractivity (Wildman–Crippen MR) is 211 cm³/mol. The maximum Gasteiger partial charge on any atom is 0.317 e. The van der Waals surface area contributed by atoms with Gasteiger partial charge in [0.2, 0.25) is 0 Å². The Bertz CT molecular complexity index is 1990. The van der Waals surface area contributed by atoms with Gasteiger partial charge >= 0.3 is 6.03 Å². The number of carbonyl (C=O) groups excluding carboxylic acids is 2. The number of Topliss-reactive ketones (excluding diaryl/α,β-unsaturated/α-hetero) is 1. The minimum Gasteiger partial charge on any atom is -0.393 e. The van der Waals surface area contributed by atoms with E-state index in [1.807, 2.05) is 56.3 Å². The minimum atomic E-state index is -1.31. The second kappa shape index (κ2) is 16.1. The van der Waals surface area contributed by atoms with Gasteiger partial charge in [-0.15, -0.1) is 0 Å². The average Bonchev–Trinajstić information content (AvgIpc) is 3.37. The van der Waals surface area contributed by atoms with Crippen LogP contribution in [0.5, 0.6) is 0 Å². The van der Waals surface area contributed by atoms with Crippen molar-refractivity contribution in [2.24, 2.45) is 5.41 Å². The van der Waals surface area contributed by atoms with Crippen molar-refractivity contribution in [3.63, 3.8) is 0 Å². The summed E-state index contributed by atoms with van der Waals surface area (Å²) in [4.78, 5) is 30.0. The molecule has 3 aliphatic rings. The third-order valence-electron chi connectivity index (χ3n) is 11.8. The van der Waals surface area contributed by atoms with Crippen LogP contribution in [0.3, 0.4) is 0 Å². The number of urea groups is 1. The van der Waals surface area contributed by atoms with Gasteiger partial charge in [-0.05, 0) is 117 Å². The monoisotopic (exact) mass is 738 g/mol. The summed E-state index contributed by atoms with van der Waals surface area (Å²) in [7, 11) is 0. The number of rotatable bonds is 8. The van der Waals surface area contributed by atoms with Crippen LogP contribution in [0.25, 0.3) is 10.8 Å². The lowest BCUT2D eigenvalue weighted by Crippen LogP contribution is -2.55. The number of carbonyl (C=O) groups is 2. The van der Waals surface area contributed by atoms with Crippen LogP contribution in [0.15, 0.2) is 90.5 Å². The Morgan fingerprint density at radius 3 is 2.55 bits per heavy atom. The number of hydrogen-bond donors (Lipinski definition) is 3. The van der Waals surface area contributed by atoms with Crippen LogP contribution in [0, 0.1) is 11.2 Å². The summed E-state index contributed by atoms with van der Waals surface area (Å²) in [5.41, 5.74) is 2.35. The van der Waals surface area contributed by atoms with Gasteiger partial charge in [0.15, 0.2) is 5.78 Å².